The maximum atomic E-state index is 12.6. The van der Waals surface area contributed by atoms with E-state index in [9.17, 15) is 14.4 Å². The van der Waals surface area contributed by atoms with Crippen molar-refractivity contribution in [2.45, 2.75) is 6.10 Å². The number of pyridine rings is 1. The van der Waals surface area contributed by atoms with Crippen LogP contribution in [0.5, 0.6) is 0 Å². The second-order valence-electron chi connectivity index (χ2n) is 6.02. The van der Waals surface area contributed by atoms with Crippen LogP contribution >= 0.6 is 0 Å². The summed E-state index contributed by atoms with van der Waals surface area (Å²) in [5.41, 5.74) is 0.799. The summed E-state index contributed by atoms with van der Waals surface area (Å²) < 4.78 is 5.45. The van der Waals surface area contributed by atoms with Crippen LogP contribution in [0, 0.1) is 0 Å². The number of carbonyl (C=O) groups excluding carboxylic acids is 2. The van der Waals surface area contributed by atoms with Crippen molar-refractivity contribution >= 4 is 22.8 Å². The summed E-state index contributed by atoms with van der Waals surface area (Å²) in [6.07, 6.45) is -1.09. The van der Waals surface area contributed by atoms with E-state index in [1.54, 1.807) is 62.6 Å². The number of hydrogen-bond acceptors (Lipinski definition) is 4. The summed E-state index contributed by atoms with van der Waals surface area (Å²) in [5, 5.41) is 0.480. The van der Waals surface area contributed by atoms with E-state index in [-0.39, 0.29) is 17.0 Å². The third kappa shape index (κ3) is 3.49. The normalized spacial score (nSPS) is 11.8. The van der Waals surface area contributed by atoms with Crippen molar-refractivity contribution < 1.29 is 14.3 Å². The number of benzene rings is 2. The minimum Gasteiger partial charge on any atom is -0.443 e. The molecule has 0 saturated heterocycles. The lowest BCUT2D eigenvalue weighted by Crippen LogP contribution is -2.31. The van der Waals surface area contributed by atoms with Gasteiger partial charge in [0.2, 0.25) is 6.10 Å². The summed E-state index contributed by atoms with van der Waals surface area (Å²) in [6.45, 7) is 0. The van der Waals surface area contributed by atoms with Gasteiger partial charge in [0.1, 0.15) is 5.69 Å². The molecular formula is C20H18N2O4. The number of fused-ring (bicyclic) bond motifs is 1. The van der Waals surface area contributed by atoms with Gasteiger partial charge in [-0.3, -0.25) is 9.59 Å². The number of nitrogens with one attached hydrogen (secondary N) is 1. The molecule has 26 heavy (non-hydrogen) atoms. The number of para-hydroxylation sites is 1. The molecule has 6 nitrogen and oxygen atoms in total. The van der Waals surface area contributed by atoms with E-state index < -0.39 is 12.1 Å². The minimum absolute atomic E-state index is 0.00110. The first-order chi connectivity index (χ1) is 12.5. The molecule has 3 rings (SSSR count). The van der Waals surface area contributed by atoms with Crippen LogP contribution in [0.1, 0.15) is 22.2 Å². The van der Waals surface area contributed by atoms with Crippen molar-refractivity contribution in [3.8, 4) is 0 Å². The van der Waals surface area contributed by atoms with E-state index in [4.69, 9.17) is 4.74 Å². The molecule has 0 bridgehead atoms. The Morgan fingerprint density at radius 1 is 1.00 bits per heavy atom. The molecule has 0 aliphatic heterocycles. The number of aromatic amines is 1. The molecule has 0 spiro atoms. The standard InChI is InChI=1S/C20H18N2O4/c1-22(2)19(24)18(13-8-4-3-5-9-13)26-20(25)16-12-17(23)14-10-6-7-11-15(14)21-16/h3-12,18H,1-2H3,(H,21,23)/t18-/m1/s1. The van der Waals surface area contributed by atoms with Crippen molar-refractivity contribution in [3.63, 3.8) is 0 Å². The molecular weight excluding hydrogens is 332 g/mol. The van der Waals surface area contributed by atoms with E-state index in [1.807, 2.05) is 6.07 Å². The van der Waals surface area contributed by atoms with Gasteiger partial charge in [-0.2, -0.15) is 0 Å². The average Bonchev–Trinajstić information content (AvgIpc) is 2.66. The third-order valence-corrected chi connectivity index (χ3v) is 3.95. The number of carbonyl (C=O) groups is 2. The number of esters is 1. The van der Waals surface area contributed by atoms with Crippen molar-refractivity contribution in [2.24, 2.45) is 0 Å². The van der Waals surface area contributed by atoms with Gasteiger partial charge >= 0.3 is 5.97 Å². The first-order valence-corrected chi connectivity index (χ1v) is 8.06. The largest absolute Gasteiger partial charge is 0.443 e. The predicted octanol–water partition coefficient (Wildman–Crippen LogP) is 2.51. The first kappa shape index (κ1) is 17.4. The Bertz CT molecular complexity index is 1010. The summed E-state index contributed by atoms with van der Waals surface area (Å²) in [7, 11) is 3.17. The second-order valence-corrected chi connectivity index (χ2v) is 6.02. The van der Waals surface area contributed by atoms with Crippen LogP contribution in [-0.4, -0.2) is 35.9 Å². The minimum atomic E-state index is -1.09. The molecule has 6 heteroatoms. The Balaban J connectivity index is 1.95. The molecule has 132 valence electrons. The molecule has 3 aromatic rings. The lowest BCUT2D eigenvalue weighted by Gasteiger charge is -2.21. The van der Waals surface area contributed by atoms with Crippen LogP contribution in [0.2, 0.25) is 0 Å². The zero-order chi connectivity index (χ0) is 18.7. The van der Waals surface area contributed by atoms with E-state index in [0.29, 0.717) is 16.5 Å². The summed E-state index contributed by atoms with van der Waals surface area (Å²) in [5.74, 6) is -1.13. The highest BCUT2D eigenvalue weighted by Gasteiger charge is 2.27. The molecule has 0 fully saturated rings. The van der Waals surface area contributed by atoms with E-state index in [1.165, 1.54) is 11.0 Å². The zero-order valence-electron chi connectivity index (χ0n) is 14.4. The lowest BCUT2D eigenvalue weighted by molar-refractivity contribution is -0.138. The van der Waals surface area contributed by atoms with Crippen LogP contribution in [0.25, 0.3) is 10.9 Å². The molecule has 1 aromatic heterocycles. The molecule has 0 aliphatic carbocycles. The number of rotatable bonds is 4. The molecule has 0 aliphatic rings. The highest BCUT2D eigenvalue weighted by molar-refractivity contribution is 5.93. The van der Waals surface area contributed by atoms with Gasteiger partial charge in [0.25, 0.3) is 5.91 Å². The molecule has 1 atom stereocenters. The Labute approximate surface area is 150 Å². The summed E-state index contributed by atoms with van der Waals surface area (Å²) >= 11 is 0. The van der Waals surface area contributed by atoms with E-state index in [2.05, 4.69) is 4.98 Å². The third-order valence-electron chi connectivity index (χ3n) is 3.95. The molecule has 0 unspecified atom stereocenters. The van der Waals surface area contributed by atoms with Gasteiger partial charge in [0.15, 0.2) is 5.43 Å². The van der Waals surface area contributed by atoms with Gasteiger partial charge in [-0.1, -0.05) is 42.5 Å². The molecule has 1 amide bonds. The quantitative estimate of drug-likeness (QED) is 0.733. The Kier molecular flexibility index (Phi) is 4.84. The monoisotopic (exact) mass is 350 g/mol. The fourth-order valence-electron chi connectivity index (χ4n) is 2.60. The molecule has 1 heterocycles. The molecule has 2 aromatic carbocycles. The number of amides is 1. The second kappa shape index (κ2) is 7.23. The SMILES string of the molecule is CN(C)C(=O)[C@H](OC(=O)c1cc(=O)c2ccccc2[nH]1)c1ccccc1. The van der Waals surface area contributed by atoms with Gasteiger partial charge in [0.05, 0.1) is 0 Å². The topological polar surface area (TPSA) is 79.5 Å². The highest BCUT2D eigenvalue weighted by atomic mass is 16.5. The van der Waals surface area contributed by atoms with Gasteiger partial charge < -0.3 is 14.6 Å². The van der Waals surface area contributed by atoms with Crippen molar-refractivity contribution in [2.75, 3.05) is 14.1 Å². The Hall–Kier alpha value is -3.41. The van der Waals surface area contributed by atoms with Gasteiger partial charge in [-0.15, -0.1) is 0 Å². The van der Waals surface area contributed by atoms with Gasteiger partial charge in [0, 0.05) is 36.6 Å². The first-order valence-electron chi connectivity index (χ1n) is 8.06. The van der Waals surface area contributed by atoms with Crippen LogP contribution in [0.15, 0.2) is 65.5 Å². The number of ether oxygens (including phenoxy) is 1. The number of aromatic nitrogens is 1. The van der Waals surface area contributed by atoms with Crippen molar-refractivity contribution in [1.82, 2.24) is 9.88 Å². The fraction of sp³-hybridized carbons (Fsp3) is 0.150. The predicted molar refractivity (Wildman–Crippen MR) is 97.9 cm³/mol. The lowest BCUT2D eigenvalue weighted by atomic mass is 10.1. The Morgan fingerprint density at radius 2 is 1.65 bits per heavy atom. The van der Waals surface area contributed by atoms with Crippen LogP contribution in [0.4, 0.5) is 0 Å². The van der Waals surface area contributed by atoms with Crippen molar-refractivity contribution in [1.29, 1.82) is 0 Å². The maximum absolute atomic E-state index is 12.6. The molecule has 1 N–H and O–H groups in total. The summed E-state index contributed by atoms with van der Waals surface area (Å²) in [6, 6.07) is 16.8. The van der Waals surface area contributed by atoms with Gasteiger partial charge in [-0.25, -0.2) is 4.79 Å². The zero-order valence-corrected chi connectivity index (χ0v) is 14.4. The maximum Gasteiger partial charge on any atom is 0.356 e. The van der Waals surface area contributed by atoms with Crippen molar-refractivity contribution in [3.05, 3.63) is 82.1 Å². The van der Waals surface area contributed by atoms with Gasteiger partial charge in [-0.05, 0) is 12.1 Å². The number of likely N-dealkylation sites (N-methyl/N-ethyl adjacent to an activating group) is 1. The van der Waals surface area contributed by atoms with Crippen LogP contribution in [0.3, 0.4) is 0 Å². The molecule has 0 radical (unpaired) electrons. The van der Waals surface area contributed by atoms with Crippen LogP contribution in [-0.2, 0) is 9.53 Å². The smallest absolute Gasteiger partial charge is 0.356 e. The van der Waals surface area contributed by atoms with E-state index >= 15 is 0 Å². The Morgan fingerprint density at radius 3 is 2.35 bits per heavy atom. The molecule has 0 saturated carbocycles. The number of nitrogens with zero attached hydrogens (tertiary/aromatic N) is 1. The number of hydrogen-bond donors (Lipinski definition) is 1. The average molecular weight is 350 g/mol. The van der Waals surface area contributed by atoms with E-state index in [0.717, 1.165) is 0 Å². The number of H-pyrrole nitrogens is 1. The fourth-order valence-corrected chi connectivity index (χ4v) is 2.60. The van der Waals surface area contributed by atoms with Crippen LogP contribution < -0.4 is 5.43 Å². The highest BCUT2D eigenvalue weighted by Crippen LogP contribution is 2.21. The summed E-state index contributed by atoms with van der Waals surface area (Å²) in [4.78, 5) is 41.5.